The molecule has 0 atom stereocenters. The van der Waals surface area contributed by atoms with Gasteiger partial charge in [-0.15, -0.1) is 0 Å². The van der Waals surface area contributed by atoms with Crippen LogP contribution < -0.4 is 0 Å². The summed E-state index contributed by atoms with van der Waals surface area (Å²) in [5.74, 6) is -0.531. The molecule has 3 rings (SSSR count). The zero-order valence-corrected chi connectivity index (χ0v) is 15.9. The molecule has 1 aromatic rings. The topological polar surface area (TPSA) is 60.9 Å². The first-order valence-corrected chi connectivity index (χ1v) is 10.6. The number of carbonyl (C=O) groups is 1. The number of carbonyl (C=O) groups excluding carboxylic acids is 1. The number of piperazine rings is 1. The Morgan fingerprint density at radius 2 is 1.85 bits per heavy atom. The molecule has 0 N–H and O–H groups in total. The van der Waals surface area contributed by atoms with Crippen LogP contribution in [0, 0.1) is 5.82 Å². The van der Waals surface area contributed by atoms with Crippen molar-refractivity contribution in [3.63, 3.8) is 0 Å². The van der Waals surface area contributed by atoms with E-state index in [9.17, 15) is 17.6 Å². The summed E-state index contributed by atoms with van der Waals surface area (Å²) >= 11 is 0. The lowest BCUT2D eigenvalue weighted by atomic mass is 10.2. The predicted octanol–water partition coefficient (Wildman–Crippen LogP) is 1.53. The number of amides is 1. The van der Waals surface area contributed by atoms with Crippen LogP contribution in [0.4, 0.5) is 4.39 Å². The summed E-state index contributed by atoms with van der Waals surface area (Å²) in [6.45, 7) is 1.58. The Labute approximate surface area is 154 Å². The molecule has 0 radical (unpaired) electrons. The van der Waals surface area contributed by atoms with Gasteiger partial charge in [0.05, 0.1) is 11.4 Å². The van der Waals surface area contributed by atoms with Crippen molar-refractivity contribution in [2.75, 3.05) is 39.8 Å². The highest BCUT2D eigenvalue weighted by Crippen LogP contribution is 2.22. The van der Waals surface area contributed by atoms with Crippen molar-refractivity contribution in [3.8, 4) is 0 Å². The van der Waals surface area contributed by atoms with Gasteiger partial charge in [0.2, 0.25) is 15.9 Å². The lowest BCUT2D eigenvalue weighted by molar-refractivity contribution is -0.133. The summed E-state index contributed by atoms with van der Waals surface area (Å²) < 4.78 is 39.9. The third-order valence-electron chi connectivity index (χ3n) is 5.36. The van der Waals surface area contributed by atoms with Crippen molar-refractivity contribution in [2.45, 2.75) is 36.6 Å². The molecule has 2 aliphatic rings. The molecule has 1 saturated carbocycles. The molecule has 1 aromatic carbocycles. The Balaban J connectivity index is 1.55. The molecule has 26 heavy (non-hydrogen) atoms. The zero-order chi connectivity index (χ0) is 18.7. The molecule has 0 aromatic heterocycles. The smallest absolute Gasteiger partial charge is 0.243 e. The van der Waals surface area contributed by atoms with Gasteiger partial charge in [0.1, 0.15) is 5.82 Å². The molecular formula is C18H26FN3O3S. The van der Waals surface area contributed by atoms with E-state index in [2.05, 4.69) is 4.90 Å². The van der Waals surface area contributed by atoms with Crippen LogP contribution in [0.3, 0.4) is 0 Å². The standard InChI is InChI=1S/C18H26FN3O3S/c1-20(16-6-2-3-7-16)14-18(23)21-9-11-22(12-10-21)26(24,25)17-8-4-5-15(19)13-17/h4-5,8,13,16H,2-3,6-7,9-12,14H2,1H3. The fourth-order valence-corrected chi connectivity index (χ4v) is 5.20. The van der Waals surface area contributed by atoms with E-state index in [1.54, 1.807) is 4.90 Å². The first kappa shape index (κ1) is 19.3. The normalized spacial score (nSPS) is 20.0. The number of rotatable bonds is 5. The molecule has 0 bridgehead atoms. The van der Waals surface area contributed by atoms with Crippen LogP contribution in [-0.2, 0) is 14.8 Å². The number of halogens is 1. The number of hydrogen-bond donors (Lipinski definition) is 0. The van der Waals surface area contributed by atoms with Gasteiger partial charge >= 0.3 is 0 Å². The molecule has 6 nitrogen and oxygen atoms in total. The van der Waals surface area contributed by atoms with Crippen molar-refractivity contribution in [1.29, 1.82) is 0 Å². The summed E-state index contributed by atoms with van der Waals surface area (Å²) in [4.78, 5) is 16.3. The van der Waals surface area contributed by atoms with Crippen LogP contribution in [0.15, 0.2) is 29.2 Å². The Hall–Kier alpha value is -1.51. The highest BCUT2D eigenvalue weighted by atomic mass is 32.2. The first-order valence-electron chi connectivity index (χ1n) is 9.11. The van der Waals surface area contributed by atoms with E-state index in [4.69, 9.17) is 0 Å². The molecule has 1 amide bonds. The van der Waals surface area contributed by atoms with Gasteiger partial charge in [0.15, 0.2) is 0 Å². The second-order valence-corrected chi connectivity index (χ2v) is 9.03. The van der Waals surface area contributed by atoms with Crippen molar-refractivity contribution in [3.05, 3.63) is 30.1 Å². The van der Waals surface area contributed by atoms with Crippen LogP contribution >= 0.6 is 0 Å². The van der Waals surface area contributed by atoms with Crippen LogP contribution in [0.25, 0.3) is 0 Å². The summed E-state index contributed by atoms with van der Waals surface area (Å²) in [6, 6.07) is 5.52. The Morgan fingerprint density at radius 3 is 2.46 bits per heavy atom. The maximum Gasteiger partial charge on any atom is 0.243 e. The third kappa shape index (κ3) is 4.24. The van der Waals surface area contributed by atoms with Gasteiger partial charge in [0, 0.05) is 32.2 Å². The van der Waals surface area contributed by atoms with Gasteiger partial charge in [0.25, 0.3) is 0 Å². The Bertz CT molecular complexity index is 742. The highest BCUT2D eigenvalue weighted by Gasteiger charge is 2.31. The Morgan fingerprint density at radius 1 is 1.19 bits per heavy atom. The largest absolute Gasteiger partial charge is 0.339 e. The van der Waals surface area contributed by atoms with Crippen molar-refractivity contribution < 1.29 is 17.6 Å². The number of sulfonamides is 1. The average Bonchev–Trinajstić information content (AvgIpc) is 3.16. The predicted molar refractivity (Wildman–Crippen MR) is 96.6 cm³/mol. The van der Waals surface area contributed by atoms with Crippen LogP contribution in [0.1, 0.15) is 25.7 Å². The third-order valence-corrected chi connectivity index (χ3v) is 7.25. The van der Waals surface area contributed by atoms with E-state index >= 15 is 0 Å². The van der Waals surface area contributed by atoms with Crippen molar-refractivity contribution in [1.82, 2.24) is 14.1 Å². The average molecular weight is 383 g/mol. The SMILES string of the molecule is CN(CC(=O)N1CCN(S(=O)(=O)c2cccc(F)c2)CC1)C1CCCC1. The van der Waals surface area contributed by atoms with E-state index in [0.29, 0.717) is 25.7 Å². The van der Waals surface area contributed by atoms with Crippen molar-refractivity contribution in [2.24, 2.45) is 0 Å². The van der Waals surface area contributed by atoms with Gasteiger partial charge in [-0.3, -0.25) is 9.69 Å². The number of nitrogens with zero attached hydrogens (tertiary/aromatic N) is 3. The molecule has 0 unspecified atom stereocenters. The molecule has 1 aliphatic heterocycles. The van der Waals surface area contributed by atoms with Crippen LogP contribution in [0.2, 0.25) is 0 Å². The molecule has 8 heteroatoms. The van der Waals surface area contributed by atoms with E-state index in [-0.39, 0.29) is 23.9 Å². The molecular weight excluding hydrogens is 357 g/mol. The second kappa shape index (κ2) is 8.02. The maximum atomic E-state index is 13.3. The fraction of sp³-hybridized carbons (Fsp3) is 0.611. The lowest BCUT2D eigenvalue weighted by Gasteiger charge is -2.35. The van der Waals surface area contributed by atoms with Crippen LogP contribution in [-0.4, -0.2) is 74.2 Å². The number of benzene rings is 1. The van der Waals surface area contributed by atoms with Gasteiger partial charge in [-0.25, -0.2) is 12.8 Å². The summed E-state index contributed by atoms with van der Waals surface area (Å²) in [5, 5.41) is 0. The molecule has 1 aliphatic carbocycles. The second-order valence-electron chi connectivity index (χ2n) is 7.10. The van der Waals surface area contributed by atoms with Crippen molar-refractivity contribution >= 4 is 15.9 Å². The van der Waals surface area contributed by atoms with Crippen LogP contribution in [0.5, 0.6) is 0 Å². The summed E-state index contributed by atoms with van der Waals surface area (Å²) in [7, 11) is -1.74. The van der Waals surface area contributed by atoms with E-state index in [1.165, 1.54) is 35.3 Å². The summed E-state index contributed by atoms with van der Waals surface area (Å²) in [6.07, 6.45) is 4.73. The monoisotopic (exact) mass is 383 g/mol. The van der Waals surface area contributed by atoms with Gasteiger partial charge in [-0.1, -0.05) is 18.9 Å². The molecule has 144 valence electrons. The minimum atomic E-state index is -3.72. The first-order chi connectivity index (χ1) is 12.4. The quantitative estimate of drug-likeness (QED) is 0.774. The van der Waals surface area contributed by atoms with Gasteiger partial charge < -0.3 is 4.90 Å². The highest BCUT2D eigenvalue weighted by molar-refractivity contribution is 7.89. The fourth-order valence-electron chi connectivity index (χ4n) is 3.74. The van der Waals surface area contributed by atoms with Gasteiger partial charge in [-0.05, 0) is 38.1 Å². The van der Waals surface area contributed by atoms with E-state index in [0.717, 1.165) is 18.9 Å². The molecule has 1 saturated heterocycles. The molecule has 0 spiro atoms. The number of likely N-dealkylation sites (N-methyl/N-ethyl adjacent to an activating group) is 1. The minimum absolute atomic E-state index is 0.0433. The number of hydrogen-bond acceptors (Lipinski definition) is 4. The summed E-state index contributed by atoms with van der Waals surface area (Å²) in [5.41, 5.74) is 0. The lowest BCUT2D eigenvalue weighted by Crippen LogP contribution is -2.52. The van der Waals surface area contributed by atoms with E-state index < -0.39 is 15.8 Å². The molecule has 2 fully saturated rings. The maximum absolute atomic E-state index is 13.3. The van der Waals surface area contributed by atoms with E-state index in [1.807, 2.05) is 7.05 Å². The zero-order valence-electron chi connectivity index (χ0n) is 15.1. The van der Waals surface area contributed by atoms with Gasteiger partial charge in [-0.2, -0.15) is 4.31 Å². The minimum Gasteiger partial charge on any atom is -0.339 e. The Kier molecular flexibility index (Phi) is 5.94. The molecule has 1 heterocycles.